The number of methoxy groups -OCH3 is 1. The van der Waals surface area contributed by atoms with Crippen LogP contribution in [0.25, 0.3) is 0 Å². The number of hydrogen-bond donors (Lipinski definition) is 2. The van der Waals surface area contributed by atoms with E-state index in [2.05, 4.69) is 5.32 Å². The molecule has 2 fully saturated rings. The van der Waals surface area contributed by atoms with Gasteiger partial charge in [0.2, 0.25) is 5.91 Å². The van der Waals surface area contributed by atoms with Crippen LogP contribution in [-0.2, 0) is 25.5 Å². The smallest absolute Gasteiger partial charge is 0.327 e. The summed E-state index contributed by atoms with van der Waals surface area (Å²) in [5.41, 5.74) is -1.50. The molecule has 0 saturated carbocycles. The number of carbonyl (C=O) groups excluding carboxylic acids is 2. The van der Waals surface area contributed by atoms with Gasteiger partial charge < -0.3 is 20.1 Å². The molecule has 0 spiro atoms. The first-order chi connectivity index (χ1) is 11.2. The second-order valence-corrected chi connectivity index (χ2v) is 9.04. The third-order valence-corrected chi connectivity index (χ3v) is 6.79. The fraction of sp³-hybridized carbons (Fsp3) is 0.533. The van der Waals surface area contributed by atoms with E-state index in [-0.39, 0.29) is 12.3 Å². The lowest BCUT2D eigenvalue weighted by Crippen LogP contribution is -2.80. The number of nitrogens with one attached hydrogen (secondary N) is 1. The third-order valence-electron chi connectivity index (χ3n) is 4.30. The molecule has 2 saturated heterocycles. The molecule has 0 unspecified atom stereocenters. The summed E-state index contributed by atoms with van der Waals surface area (Å²) in [6.07, 6.45) is 0.152. The van der Waals surface area contributed by atoms with Crippen LogP contribution in [0, 0.1) is 0 Å². The van der Waals surface area contributed by atoms with Crippen molar-refractivity contribution in [3.63, 3.8) is 0 Å². The Morgan fingerprint density at radius 1 is 1.46 bits per heavy atom. The fourth-order valence-electron chi connectivity index (χ4n) is 3.21. The van der Waals surface area contributed by atoms with E-state index < -0.39 is 33.8 Å². The Morgan fingerprint density at radius 2 is 2.17 bits per heavy atom. The number of rotatable bonds is 5. The molecule has 2 aliphatic heterocycles. The van der Waals surface area contributed by atoms with E-state index in [0.717, 1.165) is 4.88 Å². The van der Waals surface area contributed by atoms with Gasteiger partial charge in [0.1, 0.15) is 11.4 Å². The molecular formula is C15H18N2O5S2. The van der Waals surface area contributed by atoms with Crippen LogP contribution in [0.3, 0.4) is 0 Å². The van der Waals surface area contributed by atoms with Crippen molar-refractivity contribution in [3.8, 4) is 0 Å². The second kappa shape index (κ2) is 5.75. The van der Waals surface area contributed by atoms with Crippen LogP contribution >= 0.6 is 23.1 Å². The van der Waals surface area contributed by atoms with Gasteiger partial charge in [0, 0.05) is 16.7 Å². The van der Waals surface area contributed by atoms with Crippen molar-refractivity contribution in [3.05, 3.63) is 22.4 Å². The maximum atomic E-state index is 12.6. The molecule has 2 N–H and O–H groups in total. The van der Waals surface area contributed by atoms with Crippen LogP contribution in [0.4, 0.5) is 0 Å². The number of thioether (sulfide) groups is 1. The zero-order valence-electron chi connectivity index (χ0n) is 13.4. The number of amides is 2. The number of carboxylic acids is 1. The van der Waals surface area contributed by atoms with Crippen molar-refractivity contribution in [1.29, 1.82) is 0 Å². The van der Waals surface area contributed by atoms with Gasteiger partial charge in [-0.25, -0.2) is 4.79 Å². The molecule has 1 aromatic rings. The summed E-state index contributed by atoms with van der Waals surface area (Å²) < 4.78 is 4.70. The Labute approximate surface area is 147 Å². The average molecular weight is 370 g/mol. The summed E-state index contributed by atoms with van der Waals surface area (Å²) in [7, 11) is 1.35. The summed E-state index contributed by atoms with van der Waals surface area (Å²) in [6, 6.07) is 2.74. The van der Waals surface area contributed by atoms with Gasteiger partial charge in [-0.15, -0.1) is 23.1 Å². The van der Waals surface area contributed by atoms with Gasteiger partial charge in [0.15, 0.2) is 0 Å². The third kappa shape index (κ3) is 2.42. The molecule has 0 aromatic carbocycles. The molecule has 0 aliphatic carbocycles. The number of thiophene rings is 1. The maximum Gasteiger partial charge on any atom is 0.327 e. The molecule has 0 bridgehead atoms. The summed E-state index contributed by atoms with van der Waals surface area (Å²) in [4.78, 5) is 38.7. The van der Waals surface area contributed by atoms with Gasteiger partial charge in [-0.2, -0.15) is 0 Å². The van der Waals surface area contributed by atoms with E-state index in [1.807, 2.05) is 17.5 Å². The molecule has 9 heteroatoms. The zero-order chi connectivity index (χ0) is 17.7. The van der Waals surface area contributed by atoms with Crippen LogP contribution in [0.1, 0.15) is 18.7 Å². The first-order valence-electron chi connectivity index (χ1n) is 7.35. The number of β-lactam (4-membered cyclic amide) rings is 1. The predicted molar refractivity (Wildman–Crippen MR) is 89.6 cm³/mol. The Kier molecular flexibility index (Phi) is 4.13. The molecule has 3 heterocycles. The highest BCUT2D eigenvalue weighted by Gasteiger charge is 2.73. The number of carbonyl (C=O) groups is 3. The molecule has 2 aliphatic rings. The number of aliphatic carboxylic acids is 1. The van der Waals surface area contributed by atoms with Crippen LogP contribution < -0.4 is 5.32 Å². The number of fused-ring (bicyclic) bond motifs is 1. The minimum absolute atomic E-state index is 0.152. The van der Waals surface area contributed by atoms with Crippen LogP contribution in [-0.4, -0.2) is 56.8 Å². The van der Waals surface area contributed by atoms with Crippen molar-refractivity contribution in [1.82, 2.24) is 10.2 Å². The summed E-state index contributed by atoms with van der Waals surface area (Å²) in [6.45, 7) is 3.55. The van der Waals surface area contributed by atoms with E-state index in [0.29, 0.717) is 0 Å². The lowest BCUT2D eigenvalue weighted by molar-refractivity contribution is -0.201. The first-order valence-corrected chi connectivity index (χ1v) is 9.11. The summed E-state index contributed by atoms with van der Waals surface area (Å²) in [5.74, 6) is -1.90. The number of carboxylic acid groups (broad SMARTS) is 1. The topological polar surface area (TPSA) is 95.9 Å². The molecule has 130 valence electrons. The summed E-state index contributed by atoms with van der Waals surface area (Å²) in [5, 5.41) is 13.4. The highest BCUT2D eigenvalue weighted by Crippen LogP contribution is 2.55. The lowest BCUT2D eigenvalue weighted by Gasteiger charge is -2.51. The SMILES string of the molecule is CO[C@]1(NC(=O)Cc2cccs2)C(=O)N2[C@@H](C(=O)O)C(C)(C)S[C@@H]21. The molecule has 2 amide bonds. The van der Waals surface area contributed by atoms with Gasteiger partial charge in [-0.1, -0.05) is 6.07 Å². The minimum Gasteiger partial charge on any atom is -0.480 e. The number of nitrogens with zero attached hydrogens (tertiary/aromatic N) is 1. The van der Waals surface area contributed by atoms with Crippen molar-refractivity contribution in [2.24, 2.45) is 0 Å². The van der Waals surface area contributed by atoms with Gasteiger partial charge in [0.25, 0.3) is 11.6 Å². The van der Waals surface area contributed by atoms with Crippen molar-refractivity contribution in [2.75, 3.05) is 7.11 Å². The largest absolute Gasteiger partial charge is 0.480 e. The van der Waals surface area contributed by atoms with Crippen LogP contribution in [0.2, 0.25) is 0 Å². The molecule has 0 radical (unpaired) electrons. The van der Waals surface area contributed by atoms with Crippen molar-refractivity contribution in [2.45, 2.75) is 42.2 Å². The molecule has 1 aromatic heterocycles. The Morgan fingerprint density at radius 3 is 2.71 bits per heavy atom. The van der Waals surface area contributed by atoms with Crippen LogP contribution in [0.5, 0.6) is 0 Å². The van der Waals surface area contributed by atoms with E-state index >= 15 is 0 Å². The van der Waals surface area contributed by atoms with Crippen LogP contribution in [0.15, 0.2) is 17.5 Å². The summed E-state index contributed by atoms with van der Waals surface area (Å²) >= 11 is 2.78. The van der Waals surface area contributed by atoms with Crippen molar-refractivity contribution >= 4 is 40.9 Å². The lowest BCUT2D eigenvalue weighted by atomic mass is 9.93. The van der Waals surface area contributed by atoms with E-state index in [4.69, 9.17) is 4.74 Å². The monoisotopic (exact) mass is 370 g/mol. The molecule has 3 atom stereocenters. The van der Waals surface area contributed by atoms with Gasteiger partial charge in [0.05, 0.1) is 6.42 Å². The molecule has 24 heavy (non-hydrogen) atoms. The van der Waals surface area contributed by atoms with E-state index in [1.54, 1.807) is 13.8 Å². The van der Waals surface area contributed by atoms with Gasteiger partial charge >= 0.3 is 5.97 Å². The average Bonchev–Trinajstić information content (AvgIpc) is 3.08. The quantitative estimate of drug-likeness (QED) is 0.590. The fourth-order valence-corrected chi connectivity index (χ4v) is 5.58. The Balaban J connectivity index is 1.81. The Bertz CT molecular complexity index is 690. The van der Waals surface area contributed by atoms with Gasteiger partial charge in [-0.3, -0.25) is 9.59 Å². The highest BCUT2D eigenvalue weighted by atomic mass is 32.2. The van der Waals surface area contributed by atoms with E-state index in [9.17, 15) is 19.5 Å². The maximum absolute atomic E-state index is 12.6. The van der Waals surface area contributed by atoms with Crippen molar-refractivity contribution < 1.29 is 24.2 Å². The molecule has 7 nitrogen and oxygen atoms in total. The standard InChI is InChI=1S/C15H18N2O5S2/c1-14(2)10(11(19)20)17-12(21)15(22-3,13(17)24-14)16-9(18)7-8-5-4-6-23-8/h4-6,10,13H,7H2,1-3H3,(H,16,18)(H,19,20)/t10-,13+,15+/m0/s1. The predicted octanol–water partition coefficient (Wildman–Crippen LogP) is 0.896. The Hall–Kier alpha value is -1.58. The minimum atomic E-state index is -1.50. The number of ether oxygens (including phenoxy) is 1. The first kappa shape index (κ1) is 17.2. The normalized spacial score (nSPS) is 30.6. The van der Waals surface area contributed by atoms with E-state index in [1.165, 1.54) is 35.1 Å². The molecular weight excluding hydrogens is 352 g/mol. The second-order valence-electron chi connectivity index (χ2n) is 6.27. The van der Waals surface area contributed by atoms with Gasteiger partial charge in [-0.05, 0) is 25.3 Å². The molecule has 3 rings (SSSR count). The highest BCUT2D eigenvalue weighted by molar-refractivity contribution is 8.01. The zero-order valence-corrected chi connectivity index (χ0v) is 15.1. The number of hydrogen-bond acceptors (Lipinski definition) is 6.